The van der Waals surface area contributed by atoms with E-state index in [1.54, 1.807) is 6.08 Å². The summed E-state index contributed by atoms with van der Waals surface area (Å²) in [5.41, 5.74) is 0. The fourth-order valence-corrected chi connectivity index (χ4v) is 1.37. The van der Waals surface area contributed by atoms with Crippen LogP contribution in [-0.4, -0.2) is 6.10 Å². The number of rotatable bonds is 1. The van der Waals surface area contributed by atoms with Gasteiger partial charge in [0.25, 0.3) is 0 Å². The molecule has 2 unspecified atom stereocenters. The van der Waals surface area contributed by atoms with E-state index in [9.17, 15) is 0 Å². The lowest BCUT2D eigenvalue weighted by atomic mass is 9.99. The van der Waals surface area contributed by atoms with E-state index in [2.05, 4.69) is 24.8 Å². The Kier molecular flexibility index (Phi) is 1.42. The van der Waals surface area contributed by atoms with Gasteiger partial charge in [-0.1, -0.05) is 24.8 Å². The molecule has 0 aromatic heterocycles. The van der Waals surface area contributed by atoms with Gasteiger partial charge >= 0.3 is 0 Å². The molecule has 1 aliphatic carbocycles. The van der Waals surface area contributed by atoms with Crippen molar-refractivity contribution in [2.75, 3.05) is 0 Å². The molecule has 2 aliphatic rings. The van der Waals surface area contributed by atoms with Crippen molar-refractivity contribution >= 4 is 0 Å². The quantitative estimate of drug-likeness (QED) is 0.551. The highest BCUT2D eigenvalue weighted by Crippen LogP contribution is 2.27. The number of hydrogen-bond acceptors (Lipinski definition) is 1. The predicted molar refractivity (Wildman–Crippen MR) is 44.9 cm³/mol. The minimum absolute atomic E-state index is 0.216. The molecule has 0 aromatic carbocycles. The summed E-state index contributed by atoms with van der Waals surface area (Å²) in [6.45, 7) is 3.66. The summed E-state index contributed by atoms with van der Waals surface area (Å²) in [6, 6.07) is 0. The largest absolute Gasteiger partial charge is 0.486 e. The number of ether oxygens (including phenoxy) is 1. The molecule has 1 heteroatoms. The van der Waals surface area contributed by atoms with Crippen molar-refractivity contribution in [1.82, 2.24) is 0 Å². The standard InChI is InChI=1S/C10H10O/c1-2-9-7-8-5-3-4-6-10(8)11-9/h2-8,10H,1H2. The van der Waals surface area contributed by atoms with E-state index in [-0.39, 0.29) is 6.10 Å². The predicted octanol–water partition coefficient (Wildman–Crippen LogP) is 2.20. The minimum Gasteiger partial charge on any atom is -0.486 e. The molecule has 11 heavy (non-hydrogen) atoms. The Morgan fingerprint density at radius 3 is 2.91 bits per heavy atom. The fraction of sp³-hybridized carbons (Fsp3) is 0.200. The smallest absolute Gasteiger partial charge is 0.127 e. The van der Waals surface area contributed by atoms with Crippen molar-refractivity contribution < 1.29 is 4.74 Å². The molecule has 0 saturated heterocycles. The zero-order valence-corrected chi connectivity index (χ0v) is 6.23. The van der Waals surface area contributed by atoms with Gasteiger partial charge in [0.15, 0.2) is 0 Å². The Balaban J connectivity index is 2.22. The average molecular weight is 146 g/mol. The zero-order chi connectivity index (χ0) is 7.68. The topological polar surface area (TPSA) is 9.23 Å². The lowest BCUT2D eigenvalue weighted by molar-refractivity contribution is 0.174. The molecule has 2 rings (SSSR count). The third kappa shape index (κ3) is 1.03. The van der Waals surface area contributed by atoms with E-state index in [1.165, 1.54) is 0 Å². The van der Waals surface area contributed by atoms with Crippen molar-refractivity contribution in [3.63, 3.8) is 0 Å². The Morgan fingerprint density at radius 2 is 2.18 bits per heavy atom. The monoisotopic (exact) mass is 146 g/mol. The first-order chi connectivity index (χ1) is 5.40. The van der Waals surface area contributed by atoms with E-state index < -0.39 is 0 Å². The summed E-state index contributed by atoms with van der Waals surface area (Å²) in [6.07, 6.45) is 12.3. The van der Waals surface area contributed by atoms with Crippen LogP contribution in [0.15, 0.2) is 48.8 Å². The van der Waals surface area contributed by atoms with Crippen LogP contribution in [0.2, 0.25) is 0 Å². The fourth-order valence-electron chi connectivity index (χ4n) is 1.37. The molecule has 1 nitrogen and oxygen atoms in total. The van der Waals surface area contributed by atoms with Crippen LogP contribution in [0.1, 0.15) is 0 Å². The van der Waals surface area contributed by atoms with Gasteiger partial charge in [-0.15, -0.1) is 0 Å². The second-order valence-electron chi connectivity index (χ2n) is 2.70. The molecular formula is C10H10O. The highest BCUT2D eigenvalue weighted by Gasteiger charge is 2.24. The molecule has 0 fully saturated rings. The summed E-state index contributed by atoms with van der Waals surface area (Å²) < 4.78 is 5.52. The summed E-state index contributed by atoms with van der Waals surface area (Å²) >= 11 is 0. The summed E-state index contributed by atoms with van der Waals surface area (Å²) in [7, 11) is 0. The Labute approximate surface area is 66.4 Å². The summed E-state index contributed by atoms with van der Waals surface area (Å²) in [5.74, 6) is 1.32. The van der Waals surface area contributed by atoms with Crippen molar-refractivity contribution in [2.45, 2.75) is 6.10 Å². The number of allylic oxidation sites excluding steroid dienone is 3. The van der Waals surface area contributed by atoms with Gasteiger partial charge in [0.1, 0.15) is 11.9 Å². The van der Waals surface area contributed by atoms with Gasteiger partial charge in [0, 0.05) is 5.92 Å². The molecule has 1 heterocycles. The molecule has 0 aromatic rings. The first kappa shape index (κ1) is 6.47. The van der Waals surface area contributed by atoms with Crippen LogP contribution in [0.5, 0.6) is 0 Å². The van der Waals surface area contributed by atoms with Crippen LogP contribution < -0.4 is 0 Å². The Hall–Kier alpha value is -1.24. The third-order valence-electron chi connectivity index (χ3n) is 1.95. The molecule has 0 bridgehead atoms. The molecule has 0 spiro atoms. The maximum atomic E-state index is 5.52. The van der Waals surface area contributed by atoms with E-state index in [0.717, 1.165) is 5.76 Å². The van der Waals surface area contributed by atoms with Crippen LogP contribution in [0.25, 0.3) is 0 Å². The van der Waals surface area contributed by atoms with Crippen LogP contribution in [0.4, 0.5) is 0 Å². The average Bonchev–Trinajstić information content (AvgIpc) is 2.46. The van der Waals surface area contributed by atoms with Crippen molar-refractivity contribution in [1.29, 1.82) is 0 Å². The Morgan fingerprint density at radius 1 is 1.36 bits per heavy atom. The maximum absolute atomic E-state index is 5.52. The van der Waals surface area contributed by atoms with Gasteiger partial charge in [-0.2, -0.15) is 0 Å². The normalized spacial score (nSPS) is 32.5. The lowest BCUT2D eigenvalue weighted by Gasteiger charge is -2.13. The molecule has 2 atom stereocenters. The van der Waals surface area contributed by atoms with E-state index in [1.807, 2.05) is 12.2 Å². The van der Waals surface area contributed by atoms with Crippen LogP contribution >= 0.6 is 0 Å². The molecule has 0 saturated carbocycles. The highest BCUT2D eigenvalue weighted by atomic mass is 16.5. The highest BCUT2D eigenvalue weighted by molar-refractivity contribution is 5.28. The first-order valence-corrected chi connectivity index (χ1v) is 3.76. The van der Waals surface area contributed by atoms with Crippen LogP contribution in [0.3, 0.4) is 0 Å². The molecule has 56 valence electrons. The molecule has 1 aliphatic heterocycles. The molecule has 0 amide bonds. The summed E-state index contributed by atoms with van der Waals surface area (Å²) in [5, 5.41) is 0. The second-order valence-corrected chi connectivity index (χ2v) is 2.70. The Bertz CT molecular complexity index is 258. The van der Waals surface area contributed by atoms with Gasteiger partial charge in [-0.3, -0.25) is 0 Å². The van der Waals surface area contributed by atoms with E-state index in [4.69, 9.17) is 4.74 Å². The van der Waals surface area contributed by atoms with Gasteiger partial charge in [0.05, 0.1) is 0 Å². The van der Waals surface area contributed by atoms with Crippen LogP contribution in [0, 0.1) is 5.92 Å². The van der Waals surface area contributed by atoms with Crippen molar-refractivity contribution in [3.05, 3.63) is 48.8 Å². The second kappa shape index (κ2) is 2.42. The van der Waals surface area contributed by atoms with Gasteiger partial charge in [-0.25, -0.2) is 0 Å². The maximum Gasteiger partial charge on any atom is 0.127 e. The lowest BCUT2D eigenvalue weighted by Crippen LogP contribution is -2.13. The first-order valence-electron chi connectivity index (χ1n) is 3.76. The van der Waals surface area contributed by atoms with Crippen molar-refractivity contribution in [2.24, 2.45) is 5.92 Å². The van der Waals surface area contributed by atoms with Crippen molar-refractivity contribution in [3.8, 4) is 0 Å². The molecule has 0 radical (unpaired) electrons. The van der Waals surface area contributed by atoms with Gasteiger partial charge in [-0.05, 0) is 18.2 Å². The van der Waals surface area contributed by atoms with E-state index >= 15 is 0 Å². The zero-order valence-electron chi connectivity index (χ0n) is 6.23. The van der Waals surface area contributed by atoms with Crippen LogP contribution in [-0.2, 0) is 4.74 Å². The van der Waals surface area contributed by atoms with Gasteiger partial charge in [0.2, 0.25) is 0 Å². The summed E-state index contributed by atoms with van der Waals surface area (Å²) in [4.78, 5) is 0. The minimum atomic E-state index is 0.216. The number of hydrogen-bond donors (Lipinski definition) is 0. The molecule has 0 N–H and O–H groups in total. The third-order valence-corrected chi connectivity index (χ3v) is 1.95. The van der Waals surface area contributed by atoms with E-state index in [0.29, 0.717) is 5.92 Å². The van der Waals surface area contributed by atoms with Gasteiger partial charge < -0.3 is 4.74 Å². The SMILES string of the molecule is C=CC1=CC2C=CC=CC2O1. The number of fused-ring (bicyclic) bond motifs is 1. The molecular weight excluding hydrogens is 136 g/mol.